The smallest absolute Gasteiger partial charge is 0.231 e. The van der Waals surface area contributed by atoms with Crippen LogP contribution in [0.1, 0.15) is 18.9 Å². The highest BCUT2D eigenvalue weighted by atomic mass is 16.5. The minimum absolute atomic E-state index is 0.134. The molecule has 0 radical (unpaired) electrons. The minimum atomic E-state index is -0.340. The lowest BCUT2D eigenvalue weighted by molar-refractivity contribution is -0.124. The van der Waals surface area contributed by atoms with E-state index in [-0.39, 0.29) is 18.1 Å². The quantitative estimate of drug-likeness (QED) is 0.604. The van der Waals surface area contributed by atoms with Crippen molar-refractivity contribution in [2.45, 2.75) is 20.3 Å². The SMILES string of the molecule is COCCOc1cc(C)ccc1NC(=O)CC(C)=O. The van der Waals surface area contributed by atoms with E-state index in [0.29, 0.717) is 24.7 Å². The Balaban J connectivity index is 2.75. The molecule has 104 valence electrons. The molecular formula is C14H19NO4. The Morgan fingerprint density at radius 3 is 2.63 bits per heavy atom. The molecule has 0 fully saturated rings. The number of benzene rings is 1. The number of amides is 1. The molecule has 0 saturated carbocycles. The molecule has 0 bridgehead atoms. The van der Waals surface area contributed by atoms with E-state index in [1.165, 1.54) is 6.92 Å². The zero-order valence-electron chi connectivity index (χ0n) is 11.5. The summed E-state index contributed by atoms with van der Waals surface area (Å²) in [4.78, 5) is 22.5. The van der Waals surface area contributed by atoms with Crippen molar-refractivity contribution in [1.82, 2.24) is 0 Å². The number of hydrogen-bond acceptors (Lipinski definition) is 4. The Kier molecular flexibility index (Phi) is 6.02. The maximum atomic E-state index is 11.6. The second kappa shape index (κ2) is 7.53. The first kappa shape index (κ1) is 15.2. The third kappa shape index (κ3) is 5.52. The van der Waals surface area contributed by atoms with Gasteiger partial charge < -0.3 is 14.8 Å². The van der Waals surface area contributed by atoms with Crippen LogP contribution in [0.15, 0.2) is 18.2 Å². The third-order valence-corrected chi connectivity index (χ3v) is 2.37. The number of ether oxygens (including phenoxy) is 2. The maximum absolute atomic E-state index is 11.6. The second-order valence-corrected chi connectivity index (χ2v) is 4.27. The number of carbonyl (C=O) groups is 2. The zero-order valence-corrected chi connectivity index (χ0v) is 11.5. The molecule has 0 aliphatic carbocycles. The Morgan fingerprint density at radius 1 is 1.26 bits per heavy atom. The van der Waals surface area contributed by atoms with Crippen molar-refractivity contribution >= 4 is 17.4 Å². The topological polar surface area (TPSA) is 64.6 Å². The van der Waals surface area contributed by atoms with E-state index in [2.05, 4.69) is 5.32 Å². The molecule has 1 N–H and O–H groups in total. The predicted octanol–water partition coefficient (Wildman–Crippen LogP) is 1.94. The van der Waals surface area contributed by atoms with Gasteiger partial charge in [0.15, 0.2) is 0 Å². The van der Waals surface area contributed by atoms with E-state index in [4.69, 9.17) is 9.47 Å². The average molecular weight is 265 g/mol. The average Bonchev–Trinajstić information content (AvgIpc) is 2.32. The van der Waals surface area contributed by atoms with E-state index < -0.39 is 0 Å². The van der Waals surface area contributed by atoms with Crippen molar-refractivity contribution in [3.63, 3.8) is 0 Å². The molecule has 0 saturated heterocycles. The third-order valence-electron chi connectivity index (χ3n) is 2.37. The van der Waals surface area contributed by atoms with Crippen molar-refractivity contribution < 1.29 is 19.1 Å². The number of nitrogens with one attached hydrogen (secondary N) is 1. The van der Waals surface area contributed by atoms with Crippen LogP contribution in [0.25, 0.3) is 0 Å². The highest BCUT2D eigenvalue weighted by Crippen LogP contribution is 2.25. The van der Waals surface area contributed by atoms with Gasteiger partial charge in [0.1, 0.15) is 18.1 Å². The summed E-state index contributed by atoms with van der Waals surface area (Å²) in [5, 5.41) is 2.67. The summed E-state index contributed by atoms with van der Waals surface area (Å²) >= 11 is 0. The van der Waals surface area contributed by atoms with Crippen molar-refractivity contribution in [3.8, 4) is 5.75 Å². The molecule has 1 rings (SSSR count). The molecule has 0 unspecified atom stereocenters. The number of ketones is 1. The van der Waals surface area contributed by atoms with Gasteiger partial charge >= 0.3 is 0 Å². The zero-order chi connectivity index (χ0) is 14.3. The van der Waals surface area contributed by atoms with Crippen molar-refractivity contribution in [3.05, 3.63) is 23.8 Å². The molecule has 0 atom stereocenters. The van der Waals surface area contributed by atoms with Gasteiger partial charge in [0.05, 0.1) is 18.7 Å². The Morgan fingerprint density at radius 2 is 2.00 bits per heavy atom. The van der Waals surface area contributed by atoms with Crippen molar-refractivity contribution in [2.75, 3.05) is 25.6 Å². The summed E-state index contributed by atoms with van der Waals surface area (Å²) in [5.41, 5.74) is 1.59. The summed E-state index contributed by atoms with van der Waals surface area (Å²) < 4.78 is 10.4. The molecule has 19 heavy (non-hydrogen) atoms. The standard InChI is InChI=1S/C14H19NO4/c1-10-4-5-12(15-14(17)9-11(2)16)13(8-10)19-7-6-18-3/h4-5,8H,6-7,9H2,1-3H3,(H,15,17). The Labute approximate surface area is 112 Å². The van der Waals surface area contributed by atoms with E-state index in [1.54, 1.807) is 13.2 Å². The van der Waals surface area contributed by atoms with Crippen LogP contribution >= 0.6 is 0 Å². The van der Waals surface area contributed by atoms with Crippen LogP contribution in [-0.4, -0.2) is 32.0 Å². The first-order chi connectivity index (χ1) is 9.02. The number of methoxy groups -OCH3 is 1. The maximum Gasteiger partial charge on any atom is 0.231 e. The van der Waals surface area contributed by atoms with Crippen LogP contribution in [0.5, 0.6) is 5.75 Å². The monoisotopic (exact) mass is 265 g/mol. The van der Waals surface area contributed by atoms with Gasteiger partial charge in [-0.05, 0) is 31.5 Å². The van der Waals surface area contributed by atoms with Crippen molar-refractivity contribution in [2.24, 2.45) is 0 Å². The summed E-state index contributed by atoms with van der Waals surface area (Å²) in [5.74, 6) is 0.0633. The Hall–Kier alpha value is -1.88. The lowest BCUT2D eigenvalue weighted by Crippen LogP contribution is -2.16. The van der Waals surface area contributed by atoms with Crippen LogP contribution in [0.3, 0.4) is 0 Å². The number of carbonyl (C=O) groups excluding carboxylic acids is 2. The number of rotatable bonds is 7. The van der Waals surface area contributed by atoms with Gasteiger partial charge in [-0.2, -0.15) is 0 Å². The number of Topliss-reactive ketones (excluding diaryl/α,β-unsaturated/α-hetero) is 1. The van der Waals surface area contributed by atoms with Gasteiger partial charge in [0.2, 0.25) is 5.91 Å². The largest absolute Gasteiger partial charge is 0.489 e. The molecule has 5 heteroatoms. The van der Waals surface area contributed by atoms with Crippen LogP contribution < -0.4 is 10.1 Å². The molecule has 5 nitrogen and oxygen atoms in total. The van der Waals surface area contributed by atoms with Gasteiger partial charge in [-0.1, -0.05) is 6.07 Å². The normalized spacial score (nSPS) is 10.1. The van der Waals surface area contributed by atoms with Crippen molar-refractivity contribution in [1.29, 1.82) is 0 Å². The summed E-state index contributed by atoms with van der Waals surface area (Å²) in [7, 11) is 1.59. The van der Waals surface area contributed by atoms with E-state index in [1.807, 2.05) is 19.1 Å². The predicted molar refractivity (Wildman–Crippen MR) is 72.5 cm³/mol. The molecule has 0 aliphatic heterocycles. The molecule has 0 spiro atoms. The Bertz CT molecular complexity index is 457. The highest BCUT2D eigenvalue weighted by molar-refractivity contribution is 6.04. The van der Waals surface area contributed by atoms with Gasteiger partial charge in [0, 0.05) is 7.11 Å². The van der Waals surface area contributed by atoms with E-state index in [0.717, 1.165) is 5.56 Å². The first-order valence-corrected chi connectivity index (χ1v) is 6.04. The fraction of sp³-hybridized carbons (Fsp3) is 0.429. The van der Waals surface area contributed by atoms with Crippen LogP contribution in [0.4, 0.5) is 5.69 Å². The number of aryl methyl sites for hydroxylation is 1. The minimum Gasteiger partial charge on any atom is -0.489 e. The van der Waals surface area contributed by atoms with Gasteiger partial charge in [0.25, 0.3) is 0 Å². The van der Waals surface area contributed by atoms with Crippen LogP contribution in [0.2, 0.25) is 0 Å². The summed E-state index contributed by atoms with van der Waals surface area (Å²) in [6.07, 6.45) is -0.134. The fourth-order valence-electron chi connectivity index (χ4n) is 1.51. The summed E-state index contributed by atoms with van der Waals surface area (Å²) in [6.45, 7) is 4.18. The number of hydrogen-bond donors (Lipinski definition) is 1. The van der Waals surface area contributed by atoms with Gasteiger partial charge in [-0.3, -0.25) is 9.59 Å². The van der Waals surface area contributed by atoms with E-state index in [9.17, 15) is 9.59 Å². The molecule has 0 aromatic heterocycles. The molecule has 0 heterocycles. The van der Waals surface area contributed by atoms with Gasteiger partial charge in [-0.25, -0.2) is 0 Å². The fourth-order valence-corrected chi connectivity index (χ4v) is 1.51. The van der Waals surface area contributed by atoms with Gasteiger partial charge in [-0.15, -0.1) is 0 Å². The molecular weight excluding hydrogens is 246 g/mol. The first-order valence-electron chi connectivity index (χ1n) is 6.04. The molecule has 1 amide bonds. The summed E-state index contributed by atoms with van der Waals surface area (Å²) in [6, 6.07) is 5.46. The molecule has 0 aliphatic rings. The molecule has 1 aromatic carbocycles. The molecule has 1 aromatic rings. The number of anilines is 1. The highest BCUT2D eigenvalue weighted by Gasteiger charge is 2.10. The van der Waals surface area contributed by atoms with E-state index >= 15 is 0 Å². The second-order valence-electron chi connectivity index (χ2n) is 4.27. The lowest BCUT2D eigenvalue weighted by Gasteiger charge is -2.13. The van der Waals surface area contributed by atoms with Crippen LogP contribution in [-0.2, 0) is 14.3 Å². The van der Waals surface area contributed by atoms with Crippen LogP contribution in [0, 0.1) is 6.92 Å². The lowest BCUT2D eigenvalue weighted by atomic mass is 10.2.